The molecule has 2 rings (SSSR count). The SMILES string of the molecule is CNC(C(=O)NCc1ccc(NC(C)=O)cc1)c1cnn(C)c1. The molecule has 0 fully saturated rings. The van der Waals surface area contributed by atoms with Crippen LogP contribution in [-0.4, -0.2) is 28.6 Å². The normalized spacial score (nSPS) is 11.8. The summed E-state index contributed by atoms with van der Waals surface area (Å²) in [6.07, 6.45) is 3.48. The molecule has 1 unspecified atom stereocenters. The number of anilines is 1. The van der Waals surface area contributed by atoms with Gasteiger partial charge in [-0.2, -0.15) is 5.10 Å². The van der Waals surface area contributed by atoms with E-state index < -0.39 is 6.04 Å². The van der Waals surface area contributed by atoms with Crippen LogP contribution in [0.4, 0.5) is 5.69 Å². The Hall–Kier alpha value is -2.67. The summed E-state index contributed by atoms with van der Waals surface area (Å²) in [7, 11) is 3.55. The van der Waals surface area contributed by atoms with Crippen molar-refractivity contribution < 1.29 is 9.59 Å². The Morgan fingerprint density at radius 2 is 1.96 bits per heavy atom. The zero-order valence-corrected chi connectivity index (χ0v) is 13.5. The van der Waals surface area contributed by atoms with E-state index in [-0.39, 0.29) is 11.8 Å². The number of amides is 2. The summed E-state index contributed by atoms with van der Waals surface area (Å²) in [6.45, 7) is 1.88. The lowest BCUT2D eigenvalue weighted by Gasteiger charge is -2.14. The monoisotopic (exact) mass is 315 g/mol. The fraction of sp³-hybridized carbons (Fsp3) is 0.312. The molecule has 1 heterocycles. The number of aromatic nitrogens is 2. The molecule has 1 atom stereocenters. The van der Waals surface area contributed by atoms with Crippen LogP contribution >= 0.6 is 0 Å². The Kier molecular flexibility index (Phi) is 5.48. The predicted molar refractivity (Wildman–Crippen MR) is 87.6 cm³/mol. The zero-order valence-electron chi connectivity index (χ0n) is 13.5. The minimum absolute atomic E-state index is 0.112. The Morgan fingerprint density at radius 3 is 2.48 bits per heavy atom. The van der Waals surface area contributed by atoms with Crippen molar-refractivity contribution in [2.24, 2.45) is 7.05 Å². The minimum Gasteiger partial charge on any atom is -0.350 e. The second kappa shape index (κ2) is 7.55. The van der Waals surface area contributed by atoms with E-state index in [1.807, 2.05) is 25.4 Å². The number of carbonyl (C=O) groups excluding carboxylic acids is 2. The third kappa shape index (κ3) is 4.65. The Bertz CT molecular complexity index is 678. The smallest absolute Gasteiger partial charge is 0.242 e. The van der Waals surface area contributed by atoms with Crippen LogP contribution in [0.25, 0.3) is 0 Å². The van der Waals surface area contributed by atoms with Gasteiger partial charge in [0.15, 0.2) is 0 Å². The van der Waals surface area contributed by atoms with Gasteiger partial charge in [0.05, 0.1) is 6.20 Å². The molecule has 1 aromatic heterocycles. The van der Waals surface area contributed by atoms with Gasteiger partial charge in [0.2, 0.25) is 11.8 Å². The maximum atomic E-state index is 12.3. The molecule has 7 nitrogen and oxygen atoms in total. The van der Waals surface area contributed by atoms with E-state index in [1.165, 1.54) is 6.92 Å². The maximum Gasteiger partial charge on any atom is 0.242 e. The summed E-state index contributed by atoms with van der Waals surface area (Å²) >= 11 is 0. The van der Waals surface area contributed by atoms with Gasteiger partial charge < -0.3 is 16.0 Å². The molecule has 0 aliphatic rings. The number of nitrogens with one attached hydrogen (secondary N) is 3. The first-order valence-corrected chi connectivity index (χ1v) is 7.29. The molecule has 0 radical (unpaired) electrons. The Morgan fingerprint density at radius 1 is 1.26 bits per heavy atom. The number of hydrogen-bond acceptors (Lipinski definition) is 4. The first kappa shape index (κ1) is 16.7. The Labute approximate surface area is 135 Å². The molecule has 0 aliphatic carbocycles. The minimum atomic E-state index is -0.442. The topological polar surface area (TPSA) is 88.1 Å². The lowest BCUT2D eigenvalue weighted by molar-refractivity contribution is -0.123. The van der Waals surface area contributed by atoms with Crippen LogP contribution in [0.5, 0.6) is 0 Å². The van der Waals surface area contributed by atoms with Crippen LogP contribution < -0.4 is 16.0 Å². The van der Waals surface area contributed by atoms with Gasteiger partial charge in [-0.05, 0) is 24.7 Å². The third-order valence-electron chi connectivity index (χ3n) is 3.35. The highest BCUT2D eigenvalue weighted by atomic mass is 16.2. The van der Waals surface area contributed by atoms with Gasteiger partial charge in [-0.25, -0.2) is 0 Å². The van der Waals surface area contributed by atoms with Gasteiger partial charge in [0, 0.05) is 38.0 Å². The van der Waals surface area contributed by atoms with E-state index in [2.05, 4.69) is 21.0 Å². The number of rotatable bonds is 6. The van der Waals surface area contributed by atoms with Crippen molar-refractivity contribution in [2.75, 3.05) is 12.4 Å². The lowest BCUT2D eigenvalue weighted by Crippen LogP contribution is -2.35. The van der Waals surface area contributed by atoms with Crippen molar-refractivity contribution in [2.45, 2.75) is 19.5 Å². The number of carbonyl (C=O) groups is 2. The van der Waals surface area contributed by atoms with Crippen molar-refractivity contribution in [1.29, 1.82) is 0 Å². The number of hydrogen-bond donors (Lipinski definition) is 3. The van der Waals surface area contributed by atoms with E-state index in [0.29, 0.717) is 6.54 Å². The summed E-state index contributed by atoms with van der Waals surface area (Å²) in [6, 6.07) is 6.90. The van der Waals surface area contributed by atoms with Gasteiger partial charge in [0.1, 0.15) is 6.04 Å². The van der Waals surface area contributed by atoms with E-state index in [4.69, 9.17) is 0 Å². The molecule has 0 saturated carbocycles. The lowest BCUT2D eigenvalue weighted by atomic mass is 10.1. The van der Waals surface area contributed by atoms with Crippen LogP contribution in [0.15, 0.2) is 36.7 Å². The Balaban J connectivity index is 1.93. The van der Waals surface area contributed by atoms with Crippen LogP contribution in [-0.2, 0) is 23.2 Å². The van der Waals surface area contributed by atoms with Gasteiger partial charge in [-0.15, -0.1) is 0 Å². The highest BCUT2D eigenvalue weighted by Gasteiger charge is 2.19. The van der Waals surface area contributed by atoms with Crippen LogP contribution in [0, 0.1) is 0 Å². The molecule has 0 bridgehead atoms. The van der Waals surface area contributed by atoms with Crippen molar-refractivity contribution in [3.05, 3.63) is 47.8 Å². The van der Waals surface area contributed by atoms with Gasteiger partial charge in [-0.1, -0.05) is 12.1 Å². The molecular formula is C16H21N5O2. The summed E-state index contributed by atoms with van der Waals surface area (Å²) in [4.78, 5) is 23.3. The molecule has 0 aliphatic heterocycles. The second-order valence-electron chi connectivity index (χ2n) is 5.26. The highest BCUT2D eigenvalue weighted by molar-refractivity contribution is 5.88. The van der Waals surface area contributed by atoms with Gasteiger partial charge >= 0.3 is 0 Å². The van der Waals surface area contributed by atoms with Crippen LogP contribution in [0.1, 0.15) is 24.1 Å². The number of nitrogens with zero attached hydrogens (tertiary/aromatic N) is 2. The van der Waals surface area contributed by atoms with Gasteiger partial charge in [-0.3, -0.25) is 14.3 Å². The van der Waals surface area contributed by atoms with Crippen LogP contribution in [0.2, 0.25) is 0 Å². The zero-order chi connectivity index (χ0) is 16.8. The fourth-order valence-electron chi connectivity index (χ4n) is 2.24. The predicted octanol–water partition coefficient (Wildman–Crippen LogP) is 0.955. The molecule has 1 aromatic carbocycles. The molecule has 0 saturated heterocycles. The van der Waals surface area contributed by atoms with Crippen molar-refractivity contribution in [3.63, 3.8) is 0 Å². The van der Waals surface area contributed by atoms with Crippen molar-refractivity contribution >= 4 is 17.5 Å². The molecule has 122 valence electrons. The largest absolute Gasteiger partial charge is 0.350 e. The molecule has 2 amide bonds. The molecule has 7 heteroatoms. The first-order chi connectivity index (χ1) is 11.0. The number of benzene rings is 1. The molecule has 2 aromatic rings. The van der Waals surface area contributed by atoms with E-state index >= 15 is 0 Å². The third-order valence-corrected chi connectivity index (χ3v) is 3.35. The summed E-state index contributed by atoms with van der Waals surface area (Å²) < 4.78 is 1.66. The standard InChI is InChI=1S/C16H21N5O2/c1-11(22)20-14-6-4-12(5-7-14)8-18-16(23)15(17-2)13-9-19-21(3)10-13/h4-7,9-10,15,17H,8H2,1-3H3,(H,18,23)(H,20,22). The van der Waals surface area contributed by atoms with E-state index in [0.717, 1.165) is 16.8 Å². The quantitative estimate of drug-likeness (QED) is 0.741. The van der Waals surface area contributed by atoms with Gasteiger partial charge in [0.25, 0.3) is 0 Å². The maximum absolute atomic E-state index is 12.3. The molecule has 0 spiro atoms. The summed E-state index contributed by atoms with van der Waals surface area (Å²) in [5.74, 6) is -0.231. The molecule has 3 N–H and O–H groups in total. The van der Waals surface area contributed by atoms with Crippen molar-refractivity contribution in [3.8, 4) is 0 Å². The van der Waals surface area contributed by atoms with Crippen LogP contribution in [0.3, 0.4) is 0 Å². The summed E-state index contributed by atoms with van der Waals surface area (Å²) in [5, 5.41) is 12.7. The number of likely N-dealkylation sites (N-methyl/N-ethyl adjacent to an activating group) is 1. The van der Waals surface area contributed by atoms with Crippen molar-refractivity contribution in [1.82, 2.24) is 20.4 Å². The number of aryl methyl sites for hydroxylation is 1. The van der Waals surface area contributed by atoms with E-state index in [9.17, 15) is 9.59 Å². The summed E-state index contributed by atoms with van der Waals surface area (Å²) in [5.41, 5.74) is 2.50. The second-order valence-corrected chi connectivity index (χ2v) is 5.26. The fourth-order valence-corrected chi connectivity index (χ4v) is 2.24. The average Bonchev–Trinajstić information content (AvgIpc) is 2.93. The molecule has 23 heavy (non-hydrogen) atoms. The first-order valence-electron chi connectivity index (χ1n) is 7.29. The molecular weight excluding hydrogens is 294 g/mol. The highest BCUT2D eigenvalue weighted by Crippen LogP contribution is 2.12. The van der Waals surface area contributed by atoms with E-state index in [1.54, 1.807) is 30.1 Å². The average molecular weight is 315 g/mol.